The van der Waals surface area contributed by atoms with Gasteiger partial charge in [-0.05, 0) is 45.2 Å². The molecule has 0 radical (unpaired) electrons. The molecule has 7 heteroatoms. The van der Waals surface area contributed by atoms with E-state index in [0.717, 1.165) is 63.4 Å². The van der Waals surface area contributed by atoms with Gasteiger partial charge in [0.05, 0.1) is 30.2 Å². The molecule has 0 spiro atoms. The smallest absolute Gasteiger partial charge is 0.223 e. The van der Waals surface area contributed by atoms with Gasteiger partial charge in [-0.25, -0.2) is 0 Å². The number of rotatable bonds is 7. The van der Waals surface area contributed by atoms with Crippen molar-refractivity contribution in [1.82, 2.24) is 29.8 Å². The van der Waals surface area contributed by atoms with Crippen LogP contribution in [0.3, 0.4) is 0 Å². The van der Waals surface area contributed by atoms with E-state index in [-0.39, 0.29) is 11.8 Å². The average Bonchev–Trinajstić information content (AvgIpc) is 3.13. The number of hydrogen-bond acceptors (Lipinski definition) is 4. The minimum Gasteiger partial charge on any atom is -0.350 e. The predicted molar refractivity (Wildman–Crippen MR) is 103 cm³/mol. The summed E-state index contributed by atoms with van der Waals surface area (Å²) in [6.45, 7) is 9.62. The van der Waals surface area contributed by atoms with Crippen LogP contribution in [0.2, 0.25) is 0 Å². The summed E-state index contributed by atoms with van der Waals surface area (Å²) in [7, 11) is 0. The van der Waals surface area contributed by atoms with Crippen molar-refractivity contribution in [3.63, 3.8) is 0 Å². The molecule has 2 aromatic heterocycles. The summed E-state index contributed by atoms with van der Waals surface area (Å²) in [6.07, 6.45) is 4.36. The van der Waals surface area contributed by atoms with Crippen molar-refractivity contribution in [2.45, 2.75) is 65.7 Å². The number of fused-ring (bicyclic) bond motifs is 1. The molecule has 0 atom stereocenters. The van der Waals surface area contributed by atoms with E-state index in [4.69, 9.17) is 0 Å². The third-order valence-electron chi connectivity index (χ3n) is 5.79. The summed E-state index contributed by atoms with van der Waals surface area (Å²) < 4.78 is 4.20. The highest BCUT2D eigenvalue weighted by Crippen LogP contribution is 2.26. The number of carbonyl (C=O) groups excluding carboxylic acids is 1. The fourth-order valence-corrected chi connectivity index (χ4v) is 4.00. The van der Waals surface area contributed by atoms with Crippen LogP contribution in [0.1, 0.15) is 48.5 Å². The predicted octanol–water partition coefficient (Wildman–Crippen LogP) is 2.02. The van der Waals surface area contributed by atoms with Gasteiger partial charge in [0.15, 0.2) is 0 Å². The molecule has 1 saturated carbocycles. The van der Waals surface area contributed by atoms with Crippen LogP contribution in [0.4, 0.5) is 0 Å². The summed E-state index contributed by atoms with van der Waals surface area (Å²) in [4.78, 5) is 14.5. The second-order valence-corrected chi connectivity index (χ2v) is 7.98. The fraction of sp³-hybridized carbons (Fsp3) is 0.650. The van der Waals surface area contributed by atoms with Gasteiger partial charge in [0.1, 0.15) is 0 Å². The first-order chi connectivity index (χ1) is 13.1. The Kier molecular flexibility index (Phi) is 5.29. The van der Waals surface area contributed by atoms with Crippen LogP contribution in [0.5, 0.6) is 0 Å². The maximum Gasteiger partial charge on any atom is 0.223 e. The second kappa shape index (κ2) is 7.84. The molecule has 1 N–H and O–H groups in total. The number of hydrogen-bond donors (Lipinski definition) is 1. The Morgan fingerprint density at radius 3 is 2.74 bits per heavy atom. The standard InChI is InChI=1S/C20H30N6O/c1-15-11-16(2)25(22-15)8-4-7-24-9-10-26-19(14-24)12-18(23-26)13-21-20(27)17-5-3-6-17/h11-12,17H,3-10,13-14H2,1-2H3,(H,21,27). The van der Waals surface area contributed by atoms with Gasteiger partial charge in [-0.1, -0.05) is 6.42 Å². The van der Waals surface area contributed by atoms with Gasteiger partial charge in [0.25, 0.3) is 0 Å². The summed E-state index contributed by atoms with van der Waals surface area (Å²) in [6, 6.07) is 4.28. The minimum absolute atomic E-state index is 0.193. The molecule has 2 aromatic rings. The molecule has 7 nitrogen and oxygen atoms in total. The van der Waals surface area contributed by atoms with Crippen molar-refractivity contribution in [3.8, 4) is 0 Å². The third kappa shape index (κ3) is 4.24. The minimum atomic E-state index is 0.193. The monoisotopic (exact) mass is 370 g/mol. The Morgan fingerprint density at radius 1 is 1.19 bits per heavy atom. The lowest BCUT2D eigenvalue weighted by Crippen LogP contribution is -2.35. The zero-order chi connectivity index (χ0) is 18.8. The number of aromatic nitrogens is 4. The lowest BCUT2D eigenvalue weighted by molar-refractivity contribution is -0.127. The van der Waals surface area contributed by atoms with Crippen LogP contribution in [0, 0.1) is 19.8 Å². The second-order valence-electron chi connectivity index (χ2n) is 7.98. The van der Waals surface area contributed by atoms with E-state index in [1.54, 1.807) is 0 Å². The molecule has 0 bridgehead atoms. The Morgan fingerprint density at radius 2 is 2.04 bits per heavy atom. The van der Waals surface area contributed by atoms with E-state index in [2.05, 4.69) is 48.8 Å². The maximum absolute atomic E-state index is 12.0. The molecule has 4 rings (SSSR count). The topological polar surface area (TPSA) is 68.0 Å². The molecule has 0 aromatic carbocycles. The largest absolute Gasteiger partial charge is 0.350 e. The molecular weight excluding hydrogens is 340 g/mol. The van der Waals surface area contributed by atoms with Crippen LogP contribution in [0.25, 0.3) is 0 Å². The molecule has 146 valence electrons. The number of nitrogens with zero attached hydrogens (tertiary/aromatic N) is 5. The van der Waals surface area contributed by atoms with Gasteiger partial charge in [0.2, 0.25) is 5.91 Å². The number of nitrogens with one attached hydrogen (secondary N) is 1. The van der Waals surface area contributed by atoms with Gasteiger partial charge in [0, 0.05) is 37.8 Å². The van der Waals surface area contributed by atoms with Crippen molar-refractivity contribution in [2.75, 3.05) is 13.1 Å². The molecule has 0 unspecified atom stereocenters. The van der Waals surface area contributed by atoms with E-state index in [1.165, 1.54) is 17.8 Å². The summed E-state index contributed by atoms with van der Waals surface area (Å²) in [5.74, 6) is 0.429. The Balaban J connectivity index is 1.25. The van der Waals surface area contributed by atoms with Crippen molar-refractivity contribution in [1.29, 1.82) is 0 Å². The van der Waals surface area contributed by atoms with E-state index < -0.39 is 0 Å². The SMILES string of the molecule is Cc1cc(C)n(CCCN2CCn3nc(CNC(=O)C4CCC4)cc3C2)n1. The van der Waals surface area contributed by atoms with Gasteiger partial charge in [-0.3, -0.25) is 19.1 Å². The quantitative estimate of drug-likeness (QED) is 0.810. The van der Waals surface area contributed by atoms with Crippen LogP contribution >= 0.6 is 0 Å². The highest BCUT2D eigenvalue weighted by Gasteiger charge is 2.25. The molecule has 1 amide bonds. The molecule has 2 aliphatic rings. The first kappa shape index (κ1) is 18.2. The van der Waals surface area contributed by atoms with E-state index in [0.29, 0.717) is 6.54 Å². The molecule has 1 aliphatic carbocycles. The Bertz CT molecular complexity index is 803. The van der Waals surface area contributed by atoms with E-state index in [9.17, 15) is 4.79 Å². The highest BCUT2D eigenvalue weighted by molar-refractivity contribution is 5.79. The number of carbonyl (C=O) groups is 1. The number of aryl methyl sites for hydroxylation is 3. The first-order valence-electron chi connectivity index (χ1n) is 10.2. The molecule has 1 fully saturated rings. The summed E-state index contributed by atoms with van der Waals surface area (Å²) in [5.41, 5.74) is 4.55. The van der Waals surface area contributed by atoms with Gasteiger partial charge >= 0.3 is 0 Å². The lowest BCUT2D eigenvalue weighted by Gasteiger charge is -2.27. The third-order valence-corrected chi connectivity index (χ3v) is 5.79. The first-order valence-corrected chi connectivity index (χ1v) is 10.2. The van der Waals surface area contributed by atoms with E-state index in [1.807, 2.05) is 6.92 Å². The van der Waals surface area contributed by atoms with Crippen LogP contribution < -0.4 is 5.32 Å². The van der Waals surface area contributed by atoms with Gasteiger partial charge in [-0.2, -0.15) is 10.2 Å². The zero-order valence-electron chi connectivity index (χ0n) is 16.4. The van der Waals surface area contributed by atoms with Crippen molar-refractivity contribution in [3.05, 3.63) is 34.9 Å². The lowest BCUT2D eigenvalue weighted by atomic mass is 9.85. The fourth-order valence-electron chi connectivity index (χ4n) is 4.00. The Labute approximate surface area is 160 Å². The van der Waals surface area contributed by atoms with Crippen molar-refractivity contribution < 1.29 is 4.79 Å². The summed E-state index contributed by atoms with van der Waals surface area (Å²) in [5, 5.41) is 12.2. The Hall–Kier alpha value is -2.15. The normalized spacial score (nSPS) is 17.6. The average molecular weight is 371 g/mol. The zero-order valence-corrected chi connectivity index (χ0v) is 16.4. The number of amides is 1. The van der Waals surface area contributed by atoms with E-state index >= 15 is 0 Å². The van der Waals surface area contributed by atoms with Gasteiger partial charge in [-0.15, -0.1) is 0 Å². The van der Waals surface area contributed by atoms with Crippen molar-refractivity contribution >= 4 is 5.91 Å². The maximum atomic E-state index is 12.0. The molecule has 1 aliphatic heterocycles. The molecule has 3 heterocycles. The van der Waals surface area contributed by atoms with Crippen LogP contribution in [0.15, 0.2) is 12.1 Å². The molecule has 0 saturated heterocycles. The highest BCUT2D eigenvalue weighted by atomic mass is 16.1. The summed E-state index contributed by atoms with van der Waals surface area (Å²) >= 11 is 0. The molecular formula is C20H30N6O. The van der Waals surface area contributed by atoms with Gasteiger partial charge < -0.3 is 5.32 Å². The van der Waals surface area contributed by atoms with Crippen molar-refractivity contribution in [2.24, 2.45) is 5.92 Å². The molecule has 27 heavy (non-hydrogen) atoms. The van der Waals surface area contributed by atoms with Crippen LogP contribution in [-0.4, -0.2) is 43.5 Å². The van der Waals surface area contributed by atoms with Crippen LogP contribution in [-0.2, 0) is 31.0 Å².